The van der Waals surface area contributed by atoms with Crippen LogP contribution in [0.3, 0.4) is 0 Å². The minimum Gasteiger partial charge on any atom is -0.425 e. The van der Waals surface area contributed by atoms with Gasteiger partial charge >= 0.3 is 5.97 Å². The molecule has 1 aliphatic heterocycles. The summed E-state index contributed by atoms with van der Waals surface area (Å²) >= 11 is 0. The van der Waals surface area contributed by atoms with Gasteiger partial charge in [-0.05, 0) is 48.2 Å². The molecule has 6 heteroatoms. The number of fused-ring (bicyclic) bond motifs is 1. The van der Waals surface area contributed by atoms with E-state index >= 15 is 0 Å². The zero-order valence-corrected chi connectivity index (χ0v) is 15.6. The van der Waals surface area contributed by atoms with Gasteiger partial charge < -0.3 is 4.74 Å². The molecular formula is C23H18N2O4. The Balaban J connectivity index is 1.39. The van der Waals surface area contributed by atoms with E-state index in [9.17, 15) is 14.4 Å². The molecule has 1 fully saturated rings. The first-order valence-corrected chi connectivity index (χ1v) is 9.38. The molecule has 0 N–H and O–H groups in total. The predicted octanol–water partition coefficient (Wildman–Crippen LogP) is 3.08. The number of carbonyl (C=O) groups is 3. The molecule has 144 valence electrons. The van der Waals surface area contributed by atoms with Gasteiger partial charge in [0.15, 0.2) is 0 Å². The highest BCUT2D eigenvalue weighted by Crippen LogP contribution is 2.35. The molecule has 0 saturated carbocycles. The topological polar surface area (TPSA) is 87.5 Å². The van der Waals surface area contributed by atoms with Gasteiger partial charge in [0.05, 0.1) is 23.5 Å². The van der Waals surface area contributed by atoms with Crippen LogP contribution in [-0.2, 0) is 14.4 Å². The van der Waals surface area contributed by atoms with Crippen LogP contribution in [0.5, 0.6) is 5.75 Å². The van der Waals surface area contributed by atoms with Gasteiger partial charge in [0.2, 0.25) is 11.8 Å². The van der Waals surface area contributed by atoms with E-state index in [0.717, 1.165) is 16.0 Å². The van der Waals surface area contributed by atoms with Gasteiger partial charge in [0, 0.05) is 0 Å². The second-order valence-electron chi connectivity index (χ2n) is 7.11. The van der Waals surface area contributed by atoms with Crippen LogP contribution in [0.2, 0.25) is 0 Å². The van der Waals surface area contributed by atoms with Crippen LogP contribution in [0, 0.1) is 23.2 Å². The van der Waals surface area contributed by atoms with Crippen LogP contribution >= 0.6 is 0 Å². The number of allylic oxidation sites excluding steroid dienone is 2. The monoisotopic (exact) mass is 386 g/mol. The molecule has 0 bridgehead atoms. The minimum absolute atomic E-state index is 0.294. The standard InChI is InChI=1S/C23H18N2O4/c24-13-15-5-7-16(8-6-15)17-9-11-18(12-10-17)29-21(26)14-25-22(27)19-3-1-2-4-20(19)23(25)28/h1-2,5-12,19-20H,3-4,14H2. The second-order valence-corrected chi connectivity index (χ2v) is 7.11. The van der Waals surface area contributed by atoms with Crippen LogP contribution in [0.25, 0.3) is 11.1 Å². The van der Waals surface area contributed by atoms with E-state index in [1.807, 2.05) is 24.3 Å². The number of imide groups is 1. The van der Waals surface area contributed by atoms with Crippen molar-refractivity contribution in [3.63, 3.8) is 0 Å². The molecule has 1 heterocycles. The van der Waals surface area contributed by atoms with Crippen LogP contribution in [0.4, 0.5) is 0 Å². The maximum Gasteiger partial charge on any atom is 0.331 e. The Bertz CT molecular complexity index is 1010. The van der Waals surface area contributed by atoms with Gasteiger partial charge in [-0.25, -0.2) is 4.79 Å². The maximum absolute atomic E-state index is 12.4. The zero-order valence-electron chi connectivity index (χ0n) is 15.6. The van der Waals surface area contributed by atoms with Crippen LogP contribution in [0.15, 0.2) is 60.7 Å². The summed E-state index contributed by atoms with van der Waals surface area (Å²) in [5.74, 6) is -1.61. The molecule has 29 heavy (non-hydrogen) atoms. The number of nitriles is 1. The minimum atomic E-state index is -0.649. The Labute approximate surface area is 168 Å². The molecule has 2 amide bonds. The summed E-state index contributed by atoms with van der Waals surface area (Å²) in [6, 6.07) is 16.2. The fourth-order valence-corrected chi connectivity index (χ4v) is 3.77. The first-order valence-electron chi connectivity index (χ1n) is 9.38. The summed E-state index contributed by atoms with van der Waals surface area (Å²) in [6.45, 7) is -0.373. The number of amides is 2. The summed E-state index contributed by atoms with van der Waals surface area (Å²) in [5.41, 5.74) is 2.43. The summed E-state index contributed by atoms with van der Waals surface area (Å²) < 4.78 is 5.31. The fourth-order valence-electron chi connectivity index (χ4n) is 3.77. The number of hydrogen-bond donors (Lipinski definition) is 0. The maximum atomic E-state index is 12.4. The first kappa shape index (κ1) is 18.6. The van der Waals surface area contributed by atoms with Gasteiger partial charge in [-0.3, -0.25) is 14.5 Å². The summed E-state index contributed by atoms with van der Waals surface area (Å²) in [4.78, 5) is 38.2. The van der Waals surface area contributed by atoms with E-state index in [0.29, 0.717) is 24.2 Å². The van der Waals surface area contributed by atoms with Gasteiger partial charge in [-0.15, -0.1) is 0 Å². The molecule has 2 atom stereocenters. The third-order valence-corrected chi connectivity index (χ3v) is 5.32. The Morgan fingerprint density at radius 1 is 0.931 bits per heavy atom. The van der Waals surface area contributed by atoms with E-state index in [4.69, 9.17) is 10.00 Å². The first-order chi connectivity index (χ1) is 14.1. The predicted molar refractivity (Wildman–Crippen MR) is 104 cm³/mol. The second kappa shape index (κ2) is 7.72. The van der Waals surface area contributed by atoms with Crippen LogP contribution in [0.1, 0.15) is 18.4 Å². The molecule has 4 rings (SSSR count). The highest BCUT2D eigenvalue weighted by Gasteiger charge is 2.47. The van der Waals surface area contributed by atoms with Crippen molar-refractivity contribution in [1.82, 2.24) is 4.90 Å². The Hall–Kier alpha value is -3.72. The summed E-state index contributed by atoms with van der Waals surface area (Å²) in [5, 5.41) is 8.87. The highest BCUT2D eigenvalue weighted by atomic mass is 16.5. The zero-order chi connectivity index (χ0) is 20.4. The fraction of sp³-hybridized carbons (Fsp3) is 0.217. The lowest BCUT2D eigenvalue weighted by Crippen LogP contribution is -2.37. The molecular weight excluding hydrogens is 368 g/mol. The van der Waals surface area contributed by atoms with E-state index in [1.54, 1.807) is 36.4 Å². The van der Waals surface area contributed by atoms with E-state index in [2.05, 4.69) is 6.07 Å². The number of hydrogen-bond acceptors (Lipinski definition) is 5. The molecule has 2 aliphatic rings. The third-order valence-electron chi connectivity index (χ3n) is 5.32. The Morgan fingerprint density at radius 3 is 1.97 bits per heavy atom. The van der Waals surface area contributed by atoms with E-state index in [-0.39, 0.29) is 30.2 Å². The number of esters is 1. The van der Waals surface area contributed by atoms with Gasteiger partial charge in [0.1, 0.15) is 12.3 Å². The lowest BCUT2D eigenvalue weighted by Gasteiger charge is -2.14. The van der Waals surface area contributed by atoms with Crippen molar-refractivity contribution in [2.75, 3.05) is 6.54 Å². The van der Waals surface area contributed by atoms with Crippen molar-refractivity contribution >= 4 is 17.8 Å². The molecule has 1 saturated heterocycles. The molecule has 0 aromatic heterocycles. The molecule has 2 aromatic rings. The van der Waals surface area contributed by atoms with Crippen molar-refractivity contribution in [3.8, 4) is 22.9 Å². The molecule has 6 nitrogen and oxygen atoms in total. The van der Waals surface area contributed by atoms with Crippen molar-refractivity contribution in [1.29, 1.82) is 5.26 Å². The average Bonchev–Trinajstić information content (AvgIpc) is 2.99. The van der Waals surface area contributed by atoms with Crippen molar-refractivity contribution in [2.45, 2.75) is 12.8 Å². The van der Waals surface area contributed by atoms with E-state index < -0.39 is 5.97 Å². The summed E-state index contributed by atoms with van der Waals surface area (Å²) in [6.07, 6.45) is 4.89. The average molecular weight is 386 g/mol. The number of nitrogens with zero attached hydrogens (tertiary/aromatic N) is 2. The number of likely N-dealkylation sites (tertiary alicyclic amines) is 1. The number of ether oxygens (including phenoxy) is 1. The Morgan fingerprint density at radius 2 is 1.45 bits per heavy atom. The van der Waals surface area contributed by atoms with Gasteiger partial charge in [0.25, 0.3) is 0 Å². The van der Waals surface area contributed by atoms with Gasteiger partial charge in [-0.2, -0.15) is 5.26 Å². The lowest BCUT2D eigenvalue weighted by atomic mass is 9.85. The SMILES string of the molecule is N#Cc1ccc(-c2ccc(OC(=O)CN3C(=O)C4CC=CCC4C3=O)cc2)cc1. The third kappa shape index (κ3) is 3.67. The largest absolute Gasteiger partial charge is 0.425 e. The van der Waals surface area contributed by atoms with Gasteiger partial charge in [-0.1, -0.05) is 36.4 Å². The molecule has 0 radical (unpaired) electrons. The quantitative estimate of drug-likeness (QED) is 0.349. The Kier molecular flexibility index (Phi) is 4.96. The van der Waals surface area contributed by atoms with Crippen LogP contribution in [-0.4, -0.2) is 29.2 Å². The highest BCUT2D eigenvalue weighted by molar-refractivity contribution is 6.07. The van der Waals surface area contributed by atoms with Crippen molar-refractivity contribution < 1.29 is 19.1 Å². The van der Waals surface area contributed by atoms with Crippen molar-refractivity contribution in [2.24, 2.45) is 11.8 Å². The molecule has 1 aliphatic carbocycles. The number of rotatable bonds is 4. The molecule has 2 aromatic carbocycles. The lowest BCUT2D eigenvalue weighted by molar-refractivity contribution is -0.148. The normalized spacial score (nSPS) is 20.3. The molecule has 0 spiro atoms. The molecule has 2 unspecified atom stereocenters. The van der Waals surface area contributed by atoms with Crippen LogP contribution < -0.4 is 4.74 Å². The summed E-state index contributed by atoms with van der Waals surface area (Å²) in [7, 11) is 0. The number of benzene rings is 2. The smallest absolute Gasteiger partial charge is 0.331 e. The van der Waals surface area contributed by atoms with E-state index in [1.165, 1.54) is 0 Å². The number of carbonyl (C=O) groups excluding carboxylic acids is 3. The van der Waals surface area contributed by atoms with Crippen molar-refractivity contribution in [3.05, 3.63) is 66.2 Å².